The topological polar surface area (TPSA) is 89.3 Å². The number of aromatic nitrogens is 1. The Morgan fingerprint density at radius 2 is 2.10 bits per heavy atom. The van der Waals surface area contributed by atoms with Gasteiger partial charge in [-0.15, -0.1) is 0 Å². The highest BCUT2D eigenvalue weighted by atomic mass is 16.4. The zero-order valence-electron chi connectivity index (χ0n) is 17.4. The van der Waals surface area contributed by atoms with Gasteiger partial charge in [0.1, 0.15) is 0 Å². The Kier molecular flexibility index (Phi) is 5.85. The number of aryl methyl sites for hydroxylation is 1. The van der Waals surface area contributed by atoms with E-state index in [-0.39, 0.29) is 5.56 Å². The monoisotopic (exact) mass is 412 g/mol. The Bertz CT molecular complexity index is 1150. The van der Waals surface area contributed by atoms with Crippen molar-refractivity contribution in [2.75, 3.05) is 23.8 Å². The molecule has 0 saturated heterocycles. The van der Waals surface area contributed by atoms with Gasteiger partial charge in [0, 0.05) is 37.1 Å². The second-order valence-electron chi connectivity index (χ2n) is 7.80. The first kappa shape index (κ1) is 20.4. The molecule has 4 rings (SSSR count). The van der Waals surface area contributed by atoms with Crippen LogP contribution < -0.4 is 10.2 Å². The van der Waals surface area contributed by atoms with Crippen LogP contribution in [-0.2, 0) is 6.42 Å². The van der Waals surface area contributed by atoms with E-state index < -0.39 is 5.97 Å². The van der Waals surface area contributed by atoms with E-state index in [1.807, 2.05) is 25.2 Å². The van der Waals surface area contributed by atoms with E-state index >= 15 is 0 Å². The van der Waals surface area contributed by atoms with Gasteiger partial charge in [0.15, 0.2) is 0 Å². The van der Waals surface area contributed by atoms with Crippen molar-refractivity contribution in [1.82, 2.24) is 4.98 Å². The van der Waals surface area contributed by atoms with E-state index in [0.717, 1.165) is 30.6 Å². The summed E-state index contributed by atoms with van der Waals surface area (Å²) in [5.41, 5.74) is 6.13. The highest BCUT2D eigenvalue weighted by Gasteiger charge is 2.22. The molecule has 0 bridgehead atoms. The van der Waals surface area contributed by atoms with Crippen LogP contribution in [0, 0.1) is 11.3 Å². The first-order valence-corrected chi connectivity index (χ1v) is 10.3. The first-order chi connectivity index (χ1) is 15.1. The molecule has 0 aliphatic heterocycles. The van der Waals surface area contributed by atoms with Gasteiger partial charge in [-0.3, -0.25) is 4.98 Å². The molecule has 6 heteroatoms. The van der Waals surface area contributed by atoms with Crippen molar-refractivity contribution in [2.45, 2.75) is 25.2 Å². The number of nitrogens with zero attached hydrogens (tertiary/aromatic N) is 3. The summed E-state index contributed by atoms with van der Waals surface area (Å²) in [7, 11) is 2.01. The number of nitriles is 1. The number of aromatic carboxylic acids is 1. The van der Waals surface area contributed by atoms with E-state index in [9.17, 15) is 15.2 Å². The SMILES string of the molecule is CN(c1cccc(C#N)c1)c1ccc2c(c1)CCC[C@H]2CNc1cnccc1C(=O)O. The molecule has 2 N–H and O–H groups in total. The maximum Gasteiger partial charge on any atom is 0.337 e. The summed E-state index contributed by atoms with van der Waals surface area (Å²) < 4.78 is 0. The van der Waals surface area contributed by atoms with Crippen LogP contribution in [-0.4, -0.2) is 29.7 Å². The third kappa shape index (κ3) is 4.36. The summed E-state index contributed by atoms with van der Waals surface area (Å²) in [6.07, 6.45) is 6.24. The van der Waals surface area contributed by atoms with Crippen LogP contribution in [0.3, 0.4) is 0 Å². The molecule has 0 fully saturated rings. The van der Waals surface area contributed by atoms with Crippen molar-refractivity contribution in [3.05, 3.63) is 83.2 Å². The number of rotatable bonds is 6. The normalized spacial score (nSPS) is 14.9. The van der Waals surface area contributed by atoms with Crippen LogP contribution >= 0.6 is 0 Å². The molecule has 0 radical (unpaired) electrons. The van der Waals surface area contributed by atoms with Gasteiger partial charge in [-0.25, -0.2) is 4.79 Å². The van der Waals surface area contributed by atoms with Crippen LogP contribution in [0.1, 0.15) is 45.8 Å². The second kappa shape index (κ2) is 8.88. The summed E-state index contributed by atoms with van der Waals surface area (Å²) in [6.45, 7) is 0.665. The fourth-order valence-corrected chi connectivity index (χ4v) is 4.21. The zero-order valence-corrected chi connectivity index (χ0v) is 17.4. The number of fused-ring (bicyclic) bond motifs is 1. The summed E-state index contributed by atoms with van der Waals surface area (Å²) in [5.74, 6) is -0.644. The van der Waals surface area contributed by atoms with Crippen molar-refractivity contribution >= 4 is 23.0 Å². The van der Waals surface area contributed by atoms with Crippen LogP contribution in [0.2, 0.25) is 0 Å². The zero-order chi connectivity index (χ0) is 21.8. The molecular weight excluding hydrogens is 388 g/mol. The highest BCUT2D eigenvalue weighted by Crippen LogP contribution is 2.35. The maximum atomic E-state index is 11.4. The lowest BCUT2D eigenvalue weighted by molar-refractivity contribution is 0.0697. The quantitative estimate of drug-likeness (QED) is 0.595. The lowest BCUT2D eigenvalue weighted by Gasteiger charge is -2.28. The molecule has 0 saturated carbocycles. The molecule has 1 atom stereocenters. The summed E-state index contributed by atoms with van der Waals surface area (Å²) in [5, 5.41) is 21.8. The molecule has 2 aromatic carbocycles. The fourth-order valence-electron chi connectivity index (χ4n) is 4.21. The number of pyridine rings is 1. The molecular formula is C25H24N4O2. The molecule has 1 aliphatic rings. The number of carbonyl (C=O) groups is 1. The minimum absolute atomic E-state index is 0.239. The third-order valence-electron chi connectivity index (χ3n) is 5.91. The average molecular weight is 412 g/mol. The van der Waals surface area contributed by atoms with Crippen molar-refractivity contribution in [3.63, 3.8) is 0 Å². The molecule has 1 aliphatic carbocycles. The lowest BCUT2D eigenvalue weighted by Crippen LogP contribution is -2.20. The van der Waals surface area contributed by atoms with Crippen molar-refractivity contribution in [1.29, 1.82) is 5.26 Å². The van der Waals surface area contributed by atoms with Gasteiger partial charge in [0.05, 0.1) is 29.1 Å². The predicted molar refractivity (Wildman–Crippen MR) is 121 cm³/mol. The molecule has 1 aromatic heterocycles. The van der Waals surface area contributed by atoms with Gasteiger partial charge in [-0.05, 0) is 66.8 Å². The molecule has 0 amide bonds. The average Bonchev–Trinajstić information content (AvgIpc) is 2.82. The van der Waals surface area contributed by atoms with E-state index in [0.29, 0.717) is 23.7 Å². The molecule has 0 unspecified atom stereocenters. The minimum atomic E-state index is -0.956. The number of anilines is 3. The van der Waals surface area contributed by atoms with Crippen molar-refractivity contribution < 1.29 is 9.90 Å². The molecule has 6 nitrogen and oxygen atoms in total. The van der Waals surface area contributed by atoms with Gasteiger partial charge >= 0.3 is 5.97 Å². The summed E-state index contributed by atoms with van der Waals surface area (Å²) in [6, 6.07) is 17.8. The van der Waals surface area contributed by atoms with Crippen molar-refractivity contribution in [2.24, 2.45) is 0 Å². The predicted octanol–water partition coefficient (Wildman–Crippen LogP) is 4.95. The Balaban J connectivity index is 1.53. The van der Waals surface area contributed by atoms with Crippen LogP contribution in [0.5, 0.6) is 0 Å². The summed E-state index contributed by atoms with van der Waals surface area (Å²) >= 11 is 0. The molecule has 3 aromatic rings. The highest BCUT2D eigenvalue weighted by molar-refractivity contribution is 5.93. The van der Waals surface area contributed by atoms with Gasteiger partial charge in [0.2, 0.25) is 0 Å². The Hall–Kier alpha value is -3.85. The smallest absolute Gasteiger partial charge is 0.337 e. The number of nitrogens with one attached hydrogen (secondary N) is 1. The van der Waals surface area contributed by atoms with E-state index in [1.165, 1.54) is 23.4 Å². The molecule has 31 heavy (non-hydrogen) atoms. The number of carboxylic acids is 1. The maximum absolute atomic E-state index is 11.4. The Labute approximate surface area is 181 Å². The second-order valence-corrected chi connectivity index (χ2v) is 7.80. The standard InChI is InChI=1S/C25H24N4O2/c1-29(20-7-2-4-17(12-20)14-26)21-8-9-22-18(13-21)5-3-6-19(22)15-28-24-16-27-11-10-23(24)25(30)31/h2,4,7-13,16,19,28H,3,5-6,15H2,1H3,(H,30,31)/t19-/m0/s1. The number of hydrogen-bond acceptors (Lipinski definition) is 5. The fraction of sp³-hybridized carbons (Fsp3) is 0.240. The van der Waals surface area contributed by atoms with Gasteiger partial charge in [-0.1, -0.05) is 12.1 Å². The van der Waals surface area contributed by atoms with E-state index in [2.05, 4.69) is 39.5 Å². The lowest BCUT2D eigenvalue weighted by atomic mass is 9.82. The van der Waals surface area contributed by atoms with Crippen LogP contribution in [0.4, 0.5) is 17.1 Å². The largest absolute Gasteiger partial charge is 0.478 e. The van der Waals surface area contributed by atoms with E-state index in [4.69, 9.17) is 0 Å². The van der Waals surface area contributed by atoms with Gasteiger partial charge < -0.3 is 15.3 Å². The number of carboxylic acid groups (broad SMARTS) is 1. The first-order valence-electron chi connectivity index (χ1n) is 10.3. The molecule has 156 valence electrons. The molecule has 1 heterocycles. The third-order valence-corrected chi connectivity index (χ3v) is 5.91. The van der Waals surface area contributed by atoms with Crippen LogP contribution in [0.25, 0.3) is 0 Å². The van der Waals surface area contributed by atoms with Crippen LogP contribution in [0.15, 0.2) is 60.9 Å². The van der Waals surface area contributed by atoms with Gasteiger partial charge in [0.25, 0.3) is 0 Å². The Morgan fingerprint density at radius 3 is 2.90 bits per heavy atom. The van der Waals surface area contributed by atoms with Crippen molar-refractivity contribution in [3.8, 4) is 6.07 Å². The summed E-state index contributed by atoms with van der Waals surface area (Å²) in [4.78, 5) is 17.6. The molecule has 0 spiro atoms. The Morgan fingerprint density at radius 1 is 1.26 bits per heavy atom. The number of hydrogen-bond donors (Lipinski definition) is 2. The number of benzene rings is 2. The minimum Gasteiger partial charge on any atom is -0.478 e. The van der Waals surface area contributed by atoms with E-state index in [1.54, 1.807) is 12.3 Å². The van der Waals surface area contributed by atoms with Gasteiger partial charge in [-0.2, -0.15) is 5.26 Å².